The summed E-state index contributed by atoms with van der Waals surface area (Å²) in [7, 11) is 2.03. The van der Waals surface area contributed by atoms with Gasteiger partial charge in [-0.25, -0.2) is 0 Å². The number of ketones is 1. The maximum Gasteiger partial charge on any atom is 0.157 e. The van der Waals surface area contributed by atoms with E-state index >= 15 is 0 Å². The lowest BCUT2D eigenvalue weighted by Gasteiger charge is -2.42. The van der Waals surface area contributed by atoms with E-state index < -0.39 is 0 Å². The molecule has 0 amide bonds. The number of carbonyl (C=O) groups excluding carboxylic acids is 1. The molecule has 0 N–H and O–H groups in total. The predicted octanol–water partition coefficient (Wildman–Crippen LogP) is 3.37. The lowest BCUT2D eigenvalue weighted by Crippen LogP contribution is -2.52. The minimum atomic E-state index is -0.0715. The number of hydrogen-bond donors (Lipinski definition) is 0. The molecule has 3 nitrogen and oxygen atoms in total. The van der Waals surface area contributed by atoms with Crippen molar-refractivity contribution in [3.63, 3.8) is 0 Å². The second-order valence-electron chi connectivity index (χ2n) is 6.74. The summed E-state index contributed by atoms with van der Waals surface area (Å²) >= 11 is 0. The average molecular weight is 296 g/mol. The van der Waals surface area contributed by atoms with E-state index in [1.54, 1.807) is 0 Å². The Labute approximate surface area is 132 Å². The highest BCUT2D eigenvalue weighted by Crippen LogP contribution is 2.48. The van der Waals surface area contributed by atoms with E-state index in [2.05, 4.69) is 30.0 Å². The molecule has 0 unspecified atom stereocenters. The molecule has 2 heterocycles. The number of nitrogens with zero attached hydrogens (tertiary/aromatic N) is 2. The predicted molar refractivity (Wildman–Crippen MR) is 86.3 cm³/mol. The molecule has 116 valence electrons. The lowest BCUT2D eigenvalue weighted by atomic mass is 9.72. The highest BCUT2D eigenvalue weighted by molar-refractivity contribution is 5.92. The van der Waals surface area contributed by atoms with Crippen LogP contribution in [-0.4, -0.2) is 29.8 Å². The number of rotatable bonds is 4. The van der Waals surface area contributed by atoms with Gasteiger partial charge in [-0.2, -0.15) is 5.26 Å². The van der Waals surface area contributed by atoms with Gasteiger partial charge in [0.2, 0.25) is 0 Å². The second-order valence-corrected chi connectivity index (χ2v) is 6.74. The van der Waals surface area contributed by atoms with Crippen molar-refractivity contribution in [3.05, 3.63) is 35.9 Å². The van der Waals surface area contributed by atoms with Crippen molar-refractivity contribution in [3.8, 4) is 6.07 Å². The summed E-state index contributed by atoms with van der Waals surface area (Å²) in [6.07, 6.45) is 3.99. The van der Waals surface area contributed by atoms with Gasteiger partial charge in [-0.05, 0) is 31.4 Å². The largest absolute Gasteiger partial charge is 0.297 e. The first-order chi connectivity index (χ1) is 10.7. The number of benzene rings is 1. The van der Waals surface area contributed by atoms with Crippen LogP contribution in [0.1, 0.15) is 44.1 Å². The zero-order valence-corrected chi connectivity index (χ0v) is 13.4. The van der Waals surface area contributed by atoms with Crippen molar-refractivity contribution in [2.45, 2.75) is 50.6 Å². The molecular formula is C19H24N2O. The summed E-state index contributed by atoms with van der Waals surface area (Å²) in [4.78, 5) is 15.3. The number of fused-ring (bicyclic) bond motifs is 2. The van der Waals surface area contributed by atoms with Crippen molar-refractivity contribution < 1.29 is 4.79 Å². The van der Waals surface area contributed by atoms with E-state index in [1.165, 1.54) is 0 Å². The molecule has 0 aliphatic carbocycles. The molecule has 0 spiro atoms. The van der Waals surface area contributed by atoms with Crippen LogP contribution in [0.2, 0.25) is 0 Å². The first kappa shape index (κ1) is 15.2. The Bertz CT molecular complexity index is 577. The van der Waals surface area contributed by atoms with Gasteiger partial charge < -0.3 is 0 Å². The van der Waals surface area contributed by atoms with Crippen LogP contribution >= 0.6 is 0 Å². The molecule has 22 heavy (non-hydrogen) atoms. The number of Topliss-reactive ketones (excluding diaryl/α,β-unsaturated/α-hetero) is 1. The number of hydrogen-bond acceptors (Lipinski definition) is 3. The molecule has 1 aromatic carbocycles. The van der Waals surface area contributed by atoms with Crippen LogP contribution in [0, 0.1) is 23.2 Å². The topological polar surface area (TPSA) is 44.1 Å². The summed E-state index contributed by atoms with van der Waals surface area (Å²) in [5.74, 6) is 0.555. The van der Waals surface area contributed by atoms with Gasteiger partial charge in [-0.3, -0.25) is 9.69 Å². The Hall–Kier alpha value is -1.66. The number of carbonyl (C=O) groups is 1. The number of nitriles is 1. The molecule has 5 atom stereocenters. The molecule has 1 aromatic rings. The van der Waals surface area contributed by atoms with Crippen LogP contribution in [0.4, 0.5) is 0 Å². The minimum Gasteiger partial charge on any atom is -0.297 e. The van der Waals surface area contributed by atoms with Crippen LogP contribution in [0.3, 0.4) is 0 Å². The molecule has 2 aliphatic heterocycles. The van der Waals surface area contributed by atoms with Crippen LogP contribution in [0.15, 0.2) is 30.3 Å². The third-order valence-corrected chi connectivity index (χ3v) is 5.57. The van der Waals surface area contributed by atoms with Gasteiger partial charge in [-0.1, -0.05) is 50.1 Å². The van der Waals surface area contributed by atoms with Crippen molar-refractivity contribution in [1.82, 2.24) is 4.90 Å². The summed E-state index contributed by atoms with van der Waals surface area (Å²) < 4.78 is 0. The van der Waals surface area contributed by atoms with Crippen LogP contribution < -0.4 is 0 Å². The molecule has 2 aliphatic rings. The molecule has 3 rings (SSSR count). The van der Waals surface area contributed by atoms with Gasteiger partial charge >= 0.3 is 0 Å². The molecule has 2 bridgehead atoms. The van der Waals surface area contributed by atoms with Crippen LogP contribution in [0.5, 0.6) is 0 Å². The standard InChI is InChI=1S/C19H24N2O/c1-3-4-10-15-17(13-8-6-5-7-9-13)19(22)16-11-14(12-20)18(15)21(16)2/h5-9,14-18H,3-4,10-11H2,1-2H3/t14-,15+,16+,17+,18-/m0/s1. The Balaban J connectivity index is 2.00. The van der Waals surface area contributed by atoms with Gasteiger partial charge in [0, 0.05) is 12.0 Å². The maximum absolute atomic E-state index is 13.1. The third kappa shape index (κ3) is 2.36. The molecule has 2 saturated heterocycles. The van der Waals surface area contributed by atoms with E-state index in [1.807, 2.05) is 25.2 Å². The maximum atomic E-state index is 13.1. The highest BCUT2D eigenvalue weighted by Gasteiger charge is 2.55. The lowest BCUT2D eigenvalue weighted by molar-refractivity contribution is -0.130. The smallest absolute Gasteiger partial charge is 0.157 e. The Kier molecular flexibility index (Phi) is 4.31. The van der Waals surface area contributed by atoms with E-state index in [9.17, 15) is 10.1 Å². The number of unbranched alkanes of at least 4 members (excludes halogenated alkanes) is 1. The van der Waals surface area contributed by atoms with E-state index in [0.717, 1.165) is 24.8 Å². The van der Waals surface area contributed by atoms with Gasteiger partial charge in [0.15, 0.2) is 5.78 Å². The van der Waals surface area contributed by atoms with Crippen molar-refractivity contribution in [1.29, 1.82) is 5.26 Å². The zero-order chi connectivity index (χ0) is 15.7. The average Bonchev–Trinajstić information content (AvgIpc) is 2.81. The van der Waals surface area contributed by atoms with Crippen LogP contribution in [-0.2, 0) is 4.79 Å². The van der Waals surface area contributed by atoms with Gasteiger partial charge in [-0.15, -0.1) is 0 Å². The second kappa shape index (κ2) is 6.22. The van der Waals surface area contributed by atoms with Crippen molar-refractivity contribution in [2.24, 2.45) is 11.8 Å². The van der Waals surface area contributed by atoms with E-state index in [-0.39, 0.29) is 29.8 Å². The van der Waals surface area contributed by atoms with E-state index in [4.69, 9.17) is 0 Å². The zero-order valence-electron chi connectivity index (χ0n) is 13.4. The van der Waals surface area contributed by atoms with Gasteiger partial charge in [0.05, 0.1) is 18.0 Å². The highest BCUT2D eigenvalue weighted by atomic mass is 16.1. The van der Waals surface area contributed by atoms with E-state index in [0.29, 0.717) is 12.2 Å². The quantitative estimate of drug-likeness (QED) is 0.855. The monoisotopic (exact) mass is 296 g/mol. The molecule has 3 heteroatoms. The summed E-state index contributed by atoms with van der Waals surface area (Å²) in [5, 5.41) is 9.53. The van der Waals surface area contributed by atoms with Crippen molar-refractivity contribution >= 4 is 5.78 Å². The fourth-order valence-electron chi connectivity index (χ4n) is 4.55. The summed E-state index contributed by atoms with van der Waals surface area (Å²) in [5.41, 5.74) is 1.13. The van der Waals surface area contributed by atoms with Gasteiger partial charge in [0.25, 0.3) is 0 Å². The Morgan fingerprint density at radius 1 is 1.32 bits per heavy atom. The van der Waals surface area contributed by atoms with Gasteiger partial charge in [0.1, 0.15) is 0 Å². The molecule has 0 radical (unpaired) electrons. The normalized spacial score (nSPS) is 34.6. The Morgan fingerprint density at radius 3 is 2.68 bits per heavy atom. The molecule has 0 saturated carbocycles. The summed E-state index contributed by atoms with van der Waals surface area (Å²) in [6.45, 7) is 2.19. The van der Waals surface area contributed by atoms with Crippen molar-refractivity contribution in [2.75, 3.05) is 7.05 Å². The molecule has 0 aromatic heterocycles. The SMILES string of the molecule is CCCC[C@H]1[C@@H]2[C@H](C#N)C[C@H](C(=O)[C@@H]1c1ccccc1)N2C. The number of piperidine rings is 1. The van der Waals surface area contributed by atoms with Crippen LogP contribution in [0.25, 0.3) is 0 Å². The third-order valence-electron chi connectivity index (χ3n) is 5.57. The molecular weight excluding hydrogens is 272 g/mol. The molecule has 2 fully saturated rings. The first-order valence-corrected chi connectivity index (χ1v) is 8.39. The minimum absolute atomic E-state index is 0.00508. The Morgan fingerprint density at radius 2 is 2.05 bits per heavy atom. The summed E-state index contributed by atoms with van der Waals surface area (Å²) in [6, 6.07) is 12.8. The number of likely N-dealkylation sites (N-methyl/N-ethyl adjacent to an activating group) is 1. The fourth-order valence-corrected chi connectivity index (χ4v) is 4.55. The first-order valence-electron chi connectivity index (χ1n) is 8.39. The fraction of sp³-hybridized carbons (Fsp3) is 0.579.